The Morgan fingerprint density at radius 1 is 1.11 bits per heavy atom. The van der Waals surface area contributed by atoms with Crippen LogP contribution >= 0.6 is 0 Å². The summed E-state index contributed by atoms with van der Waals surface area (Å²) in [6, 6.07) is 13.5. The molecule has 0 spiro atoms. The molecule has 4 heterocycles. The number of carbonyl (C=O) groups is 1. The Balaban J connectivity index is 1.50. The molecule has 0 radical (unpaired) electrons. The first-order valence-corrected chi connectivity index (χ1v) is 13.8. The van der Waals surface area contributed by atoms with Crippen molar-refractivity contribution >= 4 is 27.1 Å². The molecule has 3 aromatic heterocycles. The van der Waals surface area contributed by atoms with Crippen molar-refractivity contribution < 1.29 is 22.7 Å². The molecule has 1 saturated heterocycles. The highest BCUT2D eigenvalue weighted by Gasteiger charge is 2.36. The number of benzene rings is 1. The third-order valence-electron chi connectivity index (χ3n) is 6.35. The van der Waals surface area contributed by atoms with E-state index in [9.17, 15) is 13.2 Å². The molecule has 0 N–H and O–H groups in total. The molecule has 1 aliphatic rings. The summed E-state index contributed by atoms with van der Waals surface area (Å²) in [5, 5.41) is 0. The molecular weight excluding hydrogens is 504 g/mol. The summed E-state index contributed by atoms with van der Waals surface area (Å²) in [6.07, 6.45) is 5.17. The molecule has 0 saturated carbocycles. The van der Waals surface area contributed by atoms with Crippen molar-refractivity contribution in [2.75, 3.05) is 13.2 Å². The molecule has 5 rings (SSSR count). The van der Waals surface area contributed by atoms with E-state index in [1.165, 1.54) is 3.97 Å². The Bertz CT molecular complexity index is 1590. The van der Waals surface area contributed by atoms with Gasteiger partial charge < -0.3 is 14.4 Å². The van der Waals surface area contributed by atoms with Crippen LogP contribution in [0.2, 0.25) is 0 Å². The molecule has 38 heavy (non-hydrogen) atoms. The molecule has 1 aromatic carbocycles. The van der Waals surface area contributed by atoms with Crippen LogP contribution < -0.4 is 4.74 Å². The van der Waals surface area contributed by atoms with Crippen molar-refractivity contribution in [3.8, 4) is 17.0 Å². The fourth-order valence-electron chi connectivity index (χ4n) is 4.34. The topological polar surface area (TPSA) is 104 Å². The monoisotopic (exact) mass is 534 g/mol. The van der Waals surface area contributed by atoms with Gasteiger partial charge in [0.1, 0.15) is 18.0 Å². The largest absolute Gasteiger partial charge is 0.489 e. The van der Waals surface area contributed by atoms with E-state index in [1.54, 1.807) is 72.0 Å². The van der Waals surface area contributed by atoms with Gasteiger partial charge in [0.25, 0.3) is 10.0 Å². The molecule has 9 nitrogen and oxygen atoms in total. The van der Waals surface area contributed by atoms with Crippen molar-refractivity contribution in [1.29, 1.82) is 0 Å². The molecule has 1 atom stereocenters. The molecule has 0 unspecified atom stereocenters. The zero-order chi connectivity index (χ0) is 27.1. The SMILES string of the molecule is Cc1ccc(S(=O)(=O)n2c(-c3ccncc3OC[C@H]3CCN3C(=O)OC(C)(C)C)cc3ncccc32)cc1. The minimum Gasteiger partial charge on any atom is -0.489 e. The summed E-state index contributed by atoms with van der Waals surface area (Å²) in [5.74, 6) is 0.409. The maximum Gasteiger partial charge on any atom is 0.410 e. The normalized spacial score (nSPS) is 15.8. The molecule has 1 amide bonds. The smallest absolute Gasteiger partial charge is 0.410 e. The number of aryl methyl sites for hydroxylation is 1. The highest BCUT2D eigenvalue weighted by atomic mass is 32.2. The van der Waals surface area contributed by atoms with Crippen LogP contribution in [-0.2, 0) is 14.8 Å². The molecule has 10 heteroatoms. The summed E-state index contributed by atoms with van der Waals surface area (Å²) < 4.78 is 40.7. The molecule has 0 bridgehead atoms. The lowest BCUT2D eigenvalue weighted by Crippen LogP contribution is -2.55. The van der Waals surface area contributed by atoms with Crippen LogP contribution in [0.5, 0.6) is 5.75 Å². The molecule has 1 aliphatic heterocycles. The van der Waals surface area contributed by atoms with E-state index in [0.717, 1.165) is 12.0 Å². The number of nitrogens with zero attached hydrogens (tertiary/aromatic N) is 4. The highest BCUT2D eigenvalue weighted by Crippen LogP contribution is 2.36. The predicted octanol–water partition coefficient (Wildman–Crippen LogP) is 5.03. The van der Waals surface area contributed by atoms with Gasteiger partial charge in [0.2, 0.25) is 0 Å². The lowest BCUT2D eigenvalue weighted by molar-refractivity contribution is -0.0141. The standard InChI is InChI=1S/C28H30N4O5S/c1-19-7-9-21(10-8-19)38(34,35)32-24-6-5-13-30-23(24)16-25(32)22-11-14-29-17-26(22)36-18-20-12-15-31(20)27(33)37-28(2,3)4/h5-11,13-14,16-17,20H,12,15,18H2,1-4H3/t20-/m1/s1. The van der Waals surface area contributed by atoms with E-state index in [-0.39, 0.29) is 23.6 Å². The number of aromatic nitrogens is 3. The fourth-order valence-corrected chi connectivity index (χ4v) is 5.85. The highest BCUT2D eigenvalue weighted by molar-refractivity contribution is 7.90. The number of amides is 1. The Morgan fingerprint density at radius 2 is 1.87 bits per heavy atom. The molecule has 1 fully saturated rings. The first-order valence-electron chi connectivity index (χ1n) is 12.4. The van der Waals surface area contributed by atoms with Crippen LogP contribution in [-0.4, -0.2) is 58.1 Å². The Morgan fingerprint density at radius 3 is 2.55 bits per heavy atom. The van der Waals surface area contributed by atoms with E-state index in [1.807, 2.05) is 27.7 Å². The van der Waals surface area contributed by atoms with Gasteiger partial charge in [-0.05, 0) is 70.5 Å². The van der Waals surface area contributed by atoms with Crippen LogP contribution in [0.3, 0.4) is 0 Å². The molecule has 198 valence electrons. The van der Waals surface area contributed by atoms with Gasteiger partial charge in [-0.25, -0.2) is 17.2 Å². The summed E-state index contributed by atoms with van der Waals surface area (Å²) in [5.41, 5.74) is 2.34. The minimum atomic E-state index is -3.97. The first-order chi connectivity index (χ1) is 18.0. The predicted molar refractivity (Wildman–Crippen MR) is 144 cm³/mol. The van der Waals surface area contributed by atoms with Crippen molar-refractivity contribution in [2.24, 2.45) is 0 Å². The van der Waals surface area contributed by atoms with Gasteiger partial charge in [-0.1, -0.05) is 17.7 Å². The van der Waals surface area contributed by atoms with Gasteiger partial charge in [-0.3, -0.25) is 9.97 Å². The van der Waals surface area contributed by atoms with Gasteiger partial charge in [0.05, 0.1) is 33.9 Å². The summed E-state index contributed by atoms with van der Waals surface area (Å²) >= 11 is 0. The molecular formula is C28H30N4O5S. The van der Waals surface area contributed by atoms with E-state index >= 15 is 0 Å². The molecule has 4 aromatic rings. The van der Waals surface area contributed by atoms with Crippen LogP contribution in [0.1, 0.15) is 32.8 Å². The van der Waals surface area contributed by atoms with Gasteiger partial charge in [-0.15, -0.1) is 0 Å². The Labute approximate surface area is 222 Å². The number of hydrogen-bond acceptors (Lipinski definition) is 7. The summed E-state index contributed by atoms with van der Waals surface area (Å²) in [6.45, 7) is 8.21. The molecule has 0 aliphatic carbocycles. The number of rotatable bonds is 6. The maximum atomic E-state index is 13.9. The average molecular weight is 535 g/mol. The van der Waals surface area contributed by atoms with Crippen molar-refractivity contribution in [3.05, 3.63) is 72.7 Å². The number of fused-ring (bicyclic) bond motifs is 1. The first kappa shape index (κ1) is 25.7. The van der Waals surface area contributed by atoms with Crippen molar-refractivity contribution in [2.45, 2.75) is 50.7 Å². The summed E-state index contributed by atoms with van der Waals surface area (Å²) in [4.78, 5) is 22.9. The third kappa shape index (κ3) is 4.96. The van der Waals surface area contributed by atoms with E-state index in [2.05, 4.69) is 9.97 Å². The minimum absolute atomic E-state index is 0.151. The van der Waals surface area contributed by atoms with Gasteiger partial charge in [-0.2, -0.15) is 0 Å². The van der Waals surface area contributed by atoms with Crippen LogP contribution in [0.15, 0.2) is 72.0 Å². The Hall–Kier alpha value is -3.92. The van der Waals surface area contributed by atoms with Gasteiger partial charge in [0, 0.05) is 24.5 Å². The zero-order valence-electron chi connectivity index (χ0n) is 21.8. The Kier molecular flexibility index (Phi) is 6.60. The second kappa shape index (κ2) is 9.75. The van der Waals surface area contributed by atoms with Gasteiger partial charge in [0.15, 0.2) is 0 Å². The number of hydrogen-bond donors (Lipinski definition) is 0. The van der Waals surface area contributed by atoms with Crippen molar-refractivity contribution in [1.82, 2.24) is 18.8 Å². The third-order valence-corrected chi connectivity index (χ3v) is 8.09. The van der Waals surface area contributed by atoms with E-state index in [4.69, 9.17) is 9.47 Å². The number of ether oxygens (including phenoxy) is 2. The second-order valence-electron chi connectivity index (χ2n) is 10.3. The lowest BCUT2D eigenvalue weighted by Gasteiger charge is -2.41. The van der Waals surface area contributed by atoms with E-state index < -0.39 is 15.6 Å². The fraction of sp³-hybridized carbons (Fsp3) is 0.321. The number of pyridine rings is 2. The average Bonchev–Trinajstić information content (AvgIpc) is 3.23. The van der Waals surface area contributed by atoms with Crippen LogP contribution in [0.4, 0.5) is 4.79 Å². The van der Waals surface area contributed by atoms with Crippen LogP contribution in [0, 0.1) is 6.92 Å². The second-order valence-corrected chi connectivity index (χ2v) is 12.1. The lowest BCUT2D eigenvalue weighted by atomic mass is 10.1. The van der Waals surface area contributed by atoms with Crippen molar-refractivity contribution in [3.63, 3.8) is 0 Å². The zero-order valence-corrected chi connectivity index (χ0v) is 22.6. The van der Waals surface area contributed by atoms with Crippen LogP contribution in [0.25, 0.3) is 22.3 Å². The number of carbonyl (C=O) groups excluding carboxylic acids is 1. The van der Waals surface area contributed by atoms with Gasteiger partial charge >= 0.3 is 6.09 Å². The quantitative estimate of drug-likeness (QED) is 0.342. The maximum absolute atomic E-state index is 13.9. The van der Waals surface area contributed by atoms with E-state index in [0.29, 0.717) is 34.6 Å². The number of likely N-dealkylation sites (tertiary alicyclic amines) is 1. The summed E-state index contributed by atoms with van der Waals surface area (Å²) in [7, 11) is -3.97.